The van der Waals surface area contributed by atoms with Gasteiger partial charge in [0.2, 0.25) is 0 Å². The van der Waals surface area contributed by atoms with Crippen molar-refractivity contribution in [1.82, 2.24) is 5.32 Å². The Morgan fingerprint density at radius 3 is 1.55 bits per heavy atom. The van der Waals surface area contributed by atoms with Crippen LogP contribution in [0.25, 0.3) is 0 Å². The van der Waals surface area contributed by atoms with Gasteiger partial charge in [0.25, 0.3) is 0 Å². The quantitative estimate of drug-likeness (QED) is 0.377. The third-order valence-electron chi connectivity index (χ3n) is 2.09. The number of nitrogens with zero attached hydrogens (tertiary/aromatic N) is 1. The average molecular weight is 449 g/mol. The largest absolute Gasteiger partial charge is 0.499 e. The van der Waals surface area contributed by atoms with Gasteiger partial charge in [-0.25, -0.2) is 0 Å². The zero-order chi connectivity index (χ0) is 21.3. The van der Waals surface area contributed by atoms with E-state index in [9.17, 15) is 4.79 Å². The smallest absolute Gasteiger partial charge is 0.147 e. The van der Waals surface area contributed by atoms with Crippen LogP contribution < -0.4 is 5.32 Å². The first-order valence-corrected chi connectivity index (χ1v) is 8.81. The second kappa shape index (κ2) is 56.3. The van der Waals surface area contributed by atoms with Gasteiger partial charge in [-0.15, -0.1) is 11.8 Å². The van der Waals surface area contributed by atoms with Gasteiger partial charge in [-0.2, -0.15) is 0 Å². The molecule has 29 heavy (non-hydrogen) atoms. The van der Waals surface area contributed by atoms with Crippen molar-refractivity contribution in [2.45, 2.75) is 75.7 Å². The number of ether oxygens (including phenoxy) is 1. The molecule has 0 aromatic heterocycles. The molecular weight excluding hydrogens is 392 g/mol. The van der Waals surface area contributed by atoms with E-state index in [1.807, 2.05) is 20.8 Å². The van der Waals surface area contributed by atoms with Crippen molar-refractivity contribution in [3.05, 3.63) is 12.3 Å². The highest BCUT2D eigenvalue weighted by Crippen LogP contribution is 2.17. The summed E-state index contributed by atoms with van der Waals surface area (Å²) in [4.78, 5) is 14.3. The lowest BCUT2D eigenvalue weighted by Gasteiger charge is -2.04. The fourth-order valence-corrected chi connectivity index (χ4v) is 2.17. The van der Waals surface area contributed by atoms with Crippen LogP contribution in [0.4, 0.5) is 0 Å². The Labute approximate surface area is 188 Å². The van der Waals surface area contributed by atoms with E-state index >= 15 is 0 Å². The highest BCUT2D eigenvalue weighted by molar-refractivity contribution is 8.00. The van der Waals surface area contributed by atoms with E-state index in [1.54, 1.807) is 31.9 Å². The van der Waals surface area contributed by atoms with Gasteiger partial charge in [0, 0.05) is 34.1 Å². The fraction of sp³-hybridized carbons (Fsp3) is 0.810. The summed E-state index contributed by atoms with van der Waals surface area (Å²) in [7, 11) is 4.75. The van der Waals surface area contributed by atoms with Gasteiger partial charge < -0.3 is 25.0 Å². The Kier molecular flexibility index (Phi) is 110. The topological polar surface area (TPSA) is 111 Å². The molecule has 0 amide bonds. The minimum Gasteiger partial charge on any atom is -0.499 e. The van der Waals surface area contributed by atoms with Crippen LogP contribution in [0.15, 0.2) is 17.3 Å². The number of allylic oxidation sites excluding steroid dienone is 1. The number of nitrogens with one attached hydrogen (secondary N) is 1. The average Bonchev–Trinajstić information content (AvgIpc) is 3.08. The predicted octanol–water partition coefficient (Wildman–Crippen LogP) is 4.26. The highest BCUT2D eigenvalue weighted by atomic mass is 32.2. The van der Waals surface area contributed by atoms with Crippen LogP contribution in [0.3, 0.4) is 0 Å². The number of hydrogen-bond acceptors (Lipinski definition) is 8. The second-order valence-electron chi connectivity index (χ2n) is 3.96. The van der Waals surface area contributed by atoms with Crippen LogP contribution in [0.5, 0.6) is 0 Å². The van der Waals surface area contributed by atoms with E-state index < -0.39 is 0 Å². The molecular formula is C21H56N2O5S. The van der Waals surface area contributed by atoms with E-state index in [1.165, 1.54) is 0 Å². The molecule has 0 radical (unpaired) electrons. The summed E-state index contributed by atoms with van der Waals surface area (Å²) in [5.74, 6) is 1.99. The van der Waals surface area contributed by atoms with Crippen molar-refractivity contribution in [1.29, 1.82) is 0 Å². The number of carbonyl (C=O) groups is 1. The molecule has 1 aliphatic heterocycles. The Morgan fingerprint density at radius 1 is 1.14 bits per heavy atom. The number of hydrogen-bond donors (Lipinski definition) is 4. The van der Waals surface area contributed by atoms with Crippen molar-refractivity contribution in [3.63, 3.8) is 0 Å². The third kappa shape index (κ3) is 65.9. The number of aliphatic hydroxyl groups excluding tert-OH is 3. The third-order valence-corrected chi connectivity index (χ3v) is 3.25. The fourth-order valence-electron chi connectivity index (χ4n) is 1.10. The molecule has 2 atom stereocenters. The molecule has 1 saturated heterocycles. The van der Waals surface area contributed by atoms with Crippen LogP contribution in [0, 0.1) is 0 Å². The number of ketones is 1. The second-order valence-corrected chi connectivity index (χ2v) is 5.33. The molecule has 8 heteroatoms. The van der Waals surface area contributed by atoms with Gasteiger partial charge in [-0.3, -0.25) is 10.1 Å². The van der Waals surface area contributed by atoms with Crippen molar-refractivity contribution in [2.24, 2.45) is 4.99 Å². The minimum atomic E-state index is 0. The standard InChI is InChI=1S/C6H11NOS.C5H10O.C3H7N.3CH4O.4CH4/c1-4(8)6-3-9-5(2)7-6;1-4-6-5(2)3;1-3-4-2;3*1-2;;;;/h5-7H,3H2,1-2H3;2,4H2,1,3H3;3H,1-2H3;3*2H,1H3;4*1H4. The van der Waals surface area contributed by atoms with E-state index in [-0.39, 0.29) is 41.5 Å². The summed E-state index contributed by atoms with van der Waals surface area (Å²) in [6, 6.07) is 0.116. The maximum absolute atomic E-state index is 10.7. The Hall–Kier alpha value is -0.930. The van der Waals surface area contributed by atoms with E-state index in [0.29, 0.717) is 5.37 Å². The van der Waals surface area contributed by atoms with Crippen LogP contribution in [0.1, 0.15) is 64.3 Å². The molecule has 1 heterocycles. The molecule has 2 unspecified atom stereocenters. The summed E-state index contributed by atoms with van der Waals surface area (Å²) < 4.78 is 4.85. The van der Waals surface area contributed by atoms with Gasteiger partial charge in [0.05, 0.1) is 23.8 Å². The lowest BCUT2D eigenvalue weighted by Crippen LogP contribution is -2.33. The minimum absolute atomic E-state index is 0. The monoisotopic (exact) mass is 448 g/mol. The Morgan fingerprint density at radius 2 is 1.48 bits per heavy atom. The van der Waals surface area contributed by atoms with Crippen molar-refractivity contribution in [3.8, 4) is 0 Å². The van der Waals surface area contributed by atoms with Crippen LogP contribution in [-0.2, 0) is 9.53 Å². The Bertz CT molecular complexity index is 288. The first kappa shape index (κ1) is 56.6. The summed E-state index contributed by atoms with van der Waals surface area (Å²) >= 11 is 1.80. The zero-order valence-electron chi connectivity index (χ0n) is 17.4. The normalized spacial score (nSPS) is 14.3. The molecule has 0 aromatic carbocycles. The zero-order valence-corrected chi connectivity index (χ0v) is 18.2. The SMILES string of the molecule is C.C.C.C.C=C(C)OCC.CC(=O)C1CSC(C)N1.CC=NC.CO.CO.CO. The number of carbonyl (C=O) groups excluding carboxylic acids is 1. The van der Waals surface area contributed by atoms with Gasteiger partial charge in [0.15, 0.2) is 0 Å². The number of Topliss-reactive ketones (excluding diaryl/α,β-unsaturated/α-hetero) is 1. The highest BCUT2D eigenvalue weighted by Gasteiger charge is 2.23. The molecule has 0 spiro atoms. The summed E-state index contributed by atoms with van der Waals surface area (Å²) in [5.41, 5.74) is 0. The lowest BCUT2D eigenvalue weighted by molar-refractivity contribution is -0.118. The van der Waals surface area contributed by atoms with E-state index in [2.05, 4.69) is 23.8 Å². The van der Waals surface area contributed by atoms with Crippen molar-refractivity contribution < 1.29 is 24.9 Å². The maximum atomic E-state index is 10.7. The maximum Gasteiger partial charge on any atom is 0.147 e. The predicted molar refractivity (Wildman–Crippen MR) is 137 cm³/mol. The number of rotatable bonds is 3. The number of aliphatic imine (C=N–C) groups is 1. The van der Waals surface area contributed by atoms with Crippen LogP contribution in [-0.4, -0.2) is 79.5 Å². The first-order chi connectivity index (χ1) is 11.9. The molecule has 1 rings (SSSR count). The van der Waals surface area contributed by atoms with Crippen LogP contribution in [0.2, 0.25) is 0 Å². The van der Waals surface area contributed by atoms with E-state index in [4.69, 9.17) is 20.1 Å². The molecule has 1 fully saturated rings. The summed E-state index contributed by atoms with van der Waals surface area (Å²) in [5, 5.41) is 24.6. The molecule has 7 nitrogen and oxygen atoms in total. The van der Waals surface area contributed by atoms with Gasteiger partial charge in [-0.05, 0) is 40.8 Å². The van der Waals surface area contributed by atoms with Gasteiger partial charge in [0.1, 0.15) is 5.78 Å². The molecule has 0 aliphatic carbocycles. The summed E-state index contributed by atoms with van der Waals surface area (Å²) in [6.45, 7) is 13.6. The summed E-state index contributed by atoms with van der Waals surface area (Å²) in [6.07, 6.45) is 1.75. The van der Waals surface area contributed by atoms with Crippen LogP contribution >= 0.6 is 11.8 Å². The molecule has 0 bridgehead atoms. The Balaban J connectivity index is -0.0000000257. The molecule has 4 N–H and O–H groups in total. The lowest BCUT2D eigenvalue weighted by atomic mass is 10.2. The van der Waals surface area contributed by atoms with Gasteiger partial charge >= 0.3 is 0 Å². The molecule has 0 aromatic rings. The molecule has 1 aliphatic rings. The van der Waals surface area contributed by atoms with Gasteiger partial charge in [-0.1, -0.05) is 36.3 Å². The molecule has 186 valence electrons. The van der Waals surface area contributed by atoms with Crippen molar-refractivity contribution >= 4 is 23.8 Å². The van der Waals surface area contributed by atoms with E-state index in [0.717, 1.165) is 39.4 Å². The number of aliphatic hydroxyl groups is 3. The van der Waals surface area contributed by atoms with Crippen molar-refractivity contribution in [2.75, 3.05) is 40.7 Å². The molecule has 0 saturated carbocycles. The number of thioether (sulfide) groups is 1. The first-order valence-electron chi connectivity index (χ1n) is 7.76.